The molecule has 214 valence electrons. The number of anilines is 1. The van der Waals surface area contributed by atoms with E-state index in [4.69, 9.17) is 4.74 Å². The first-order chi connectivity index (χ1) is 19.3. The Morgan fingerprint density at radius 3 is 2.56 bits per heavy atom. The Hall–Kier alpha value is -3.63. The van der Waals surface area contributed by atoms with Gasteiger partial charge in [-0.1, -0.05) is 51.2 Å². The summed E-state index contributed by atoms with van der Waals surface area (Å²) in [7, 11) is 0. The molecule has 0 radical (unpaired) electrons. The molecule has 3 amide bonds. The largest absolute Gasteiger partial charge is 0.483 e. The second kappa shape index (κ2) is 11.0. The summed E-state index contributed by atoms with van der Waals surface area (Å²) in [5.41, 5.74) is -1.17. The average Bonchev–Trinajstić information content (AvgIpc) is 3.38. The van der Waals surface area contributed by atoms with E-state index in [1.807, 2.05) is 0 Å². The van der Waals surface area contributed by atoms with Gasteiger partial charge < -0.3 is 20.1 Å². The number of aliphatic carboxylic acids is 1. The van der Waals surface area contributed by atoms with E-state index in [2.05, 4.69) is 26.2 Å². The van der Waals surface area contributed by atoms with Gasteiger partial charge in [0.1, 0.15) is 17.5 Å². The summed E-state index contributed by atoms with van der Waals surface area (Å²) in [5, 5.41) is 10.7. The number of para-hydroxylation sites is 1. The first-order valence-electron chi connectivity index (χ1n) is 11.7. The van der Waals surface area contributed by atoms with Gasteiger partial charge in [0.25, 0.3) is 5.91 Å². The number of likely N-dealkylation sites (tertiary alicyclic amines) is 1. The quantitative estimate of drug-likeness (QED) is 0.321. The van der Waals surface area contributed by atoms with Crippen molar-refractivity contribution in [1.82, 2.24) is 9.88 Å². The van der Waals surface area contributed by atoms with E-state index in [-0.39, 0.29) is 5.75 Å². The number of imide groups is 1. The highest BCUT2D eigenvalue weighted by Gasteiger charge is 2.56. The van der Waals surface area contributed by atoms with Gasteiger partial charge in [-0.3, -0.25) is 28.9 Å². The second-order valence-corrected chi connectivity index (χ2v) is 12.1. The predicted molar refractivity (Wildman–Crippen MR) is 144 cm³/mol. The molecule has 2 aliphatic heterocycles. The molecule has 0 saturated carbocycles. The van der Waals surface area contributed by atoms with Crippen LogP contribution in [0.1, 0.15) is 21.9 Å². The lowest BCUT2D eigenvalue weighted by Crippen LogP contribution is -2.36. The van der Waals surface area contributed by atoms with Gasteiger partial charge in [0.15, 0.2) is 6.61 Å². The van der Waals surface area contributed by atoms with Crippen LogP contribution >= 0.6 is 39.0 Å². The number of carbonyl (C=O) groups excluding carboxylic acids is 3. The molecule has 5 rings (SSSR count). The highest BCUT2D eigenvalue weighted by molar-refractivity contribution is 9.10. The molecule has 2 unspecified atom stereocenters. The SMILES string of the molecule is O=C(O)CN1C(=O)C2Sc3[nH]c(=O)sc3[C@@H](c3cc(Br)ccc3OCC(=O)Nc3ccccc3C(F)(F)F)C2C1=O. The molecule has 1 fully saturated rings. The molecule has 0 spiro atoms. The summed E-state index contributed by atoms with van der Waals surface area (Å²) in [6.07, 6.45) is -4.70. The zero-order valence-corrected chi connectivity index (χ0v) is 23.6. The number of ether oxygens (including phenoxy) is 1. The number of thioether (sulfide) groups is 1. The fraction of sp³-hybridized carbons (Fsp3) is 0.240. The molecule has 1 aromatic heterocycles. The Labute approximate surface area is 245 Å². The topological polar surface area (TPSA) is 146 Å². The summed E-state index contributed by atoms with van der Waals surface area (Å²) < 4.78 is 46.2. The highest BCUT2D eigenvalue weighted by atomic mass is 79.9. The van der Waals surface area contributed by atoms with Gasteiger partial charge in [-0.15, -0.1) is 0 Å². The number of amides is 3. The van der Waals surface area contributed by atoms with Gasteiger partial charge in [-0.2, -0.15) is 13.2 Å². The number of nitrogens with zero attached hydrogens (tertiary/aromatic N) is 1. The third-order valence-electron chi connectivity index (χ3n) is 6.38. The Balaban J connectivity index is 1.48. The van der Waals surface area contributed by atoms with Crippen molar-refractivity contribution in [2.45, 2.75) is 22.4 Å². The predicted octanol–water partition coefficient (Wildman–Crippen LogP) is 3.91. The van der Waals surface area contributed by atoms with Crippen LogP contribution < -0.4 is 14.9 Å². The fourth-order valence-corrected chi connectivity index (χ4v) is 7.67. The molecule has 0 bridgehead atoms. The highest BCUT2D eigenvalue weighted by Crippen LogP contribution is 2.54. The number of aromatic nitrogens is 1. The summed E-state index contributed by atoms with van der Waals surface area (Å²) in [5.74, 6) is -5.66. The first kappa shape index (κ1) is 28.9. The molecule has 16 heteroatoms. The molecule has 41 heavy (non-hydrogen) atoms. The van der Waals surface area contributed by atoms with Crippen LogP contribution in [0.25, 0.3) is 0 Å². The molecule has 1 saturated heterocycles. The number of rotatable bonds is 7. The summed E-state index contributed by atoms with van der Waals surface area (Å²) in [4.78, 5) is 66.0. The lowest BCUT2D eigenvalue weighted by Gasteiger charge is -2.31. The van der Waals surface area contributed by atoms with E-state index in [0.29, 0.717) is 24.8 Å². The molecule has 2 aliphatic rings. The Kier molecular flexibility index (Phi) is 7.74. The van der Waals surface area contributed by atoms with Crippen molar-refractivity contribution < 1.29 is 42.2 Å². The summed E-state index contributed by atoms with van der Waals surface area (Å²) in [6, 6.07) is 9.08. The van der Waals surface area contributed by atoms with Gasteiger partial charge in [0, 0.05) is 20.8 Å². The van der Waals surface area contributed by atoms with E-state index in [1.165, 1.54) is 18.2 Å². The summed E-state index contributed by atoms with van der Waals surface area (Å²) >= 11 is 5.13. The number of nitrogens with one attached hydrogen (secondary N) is 2. The zero-order chi connectivity index (χ0) is 29.6. The smallest absolute Gasteiger partial charge is 0.418 e. The third kappa shape index (κ3) is 5.63. The van der Waals surface area contributed by atoms with Gasteiger partial charge >= 0.3 is 17.0 Å². The van der Waals surface area contributed by atoms with E-state index in [0.717, 1.165) is 35.2 Å². The molecular formula is C25H17BrF3N3O7S2. The molecule has 3 aromatic rings. The Bertz CT molecular complexity index is 1640. The third-order valence-corrected chi connectivity index (χ3v) is 9.28. The van der Waals surface area contributed by atoms with E-state index < -0.39 is 76.2 Å². The van der Waals surface area contributed by atoms with Crippen molar-refractivity contribution >= 4 is 68.4 Å². The maximum atomic E-state index is 13.4. The van der Waals surface area contributed by atoms with E-state index in [9.17, 15) is 42.3 Å². The lowest BCUT2D eigenvalue weighted by atomic mass is 9.82. The monoisotopic (exact) mass is 671 g/mol. The van der Waals surface area contributed by atoms with Crippen molar-refractivity contribution in [2.75, 3.05) is 18.5 Å². The first-order valence-corrected chi connectivity index (χ1v) is 14.2. The van der Waals surface area contributed by atoms with Gasteiger partial charge in [-0.25, -0.2) is 0 Å². The normalized spacial score (nSPS) is 20.0. The van der Waals surface area contributed by atoms with Crippen molar-refractivity contribution in [2.24, 2.45) is 5.92 Å². The van der Waals surface area contributed by atoms with Crippen LogP contribution in [-0.4, -0.2) is 57.1 Å². The number of thiazole rings is 1. The zero-order valence-electron chi connectivity index (χ0n) is 20.4. The number of carboxylic acid groups (broad SMARTS) is 1. The Morgan fingerprint density at radius 2 is 1.85 bits per heavy atom. The van der Waals surface area contributed by atoms with Crippen molar-refractivity contribution in [3.8, 4) is 5.75 Å². The number of hydrogen-bond acceptors (Lipinski definition) is 8. The van der Waals surface area contributed by atoms with Crippen LogP contribution in [0, 0.1) is 5.92 Å². The number of benzene rings is 2. The number of alkyl halides is 3. The van der Waals surface area contributed by atoms with Gasteiger partial charge in [-0.05, 0) is 30.3 Å². The molecule has 0 aliphatic carbocycles. The van der Waals surface area contributed by atoms with Crippen molar-refractivity contribution in [3.05, 3.63) is 72.6 Å². The van der Waals surface area contributed by atoms with Crippen molar-refractivity contribution in [1.29, 1.82) is 0 Å². The maximum Gasteiger partial charge on any atom is 0.418 e. The minimum Gasteiger partial charge on any atom is -0.483 e. The number of H-pyrrole nitrogens is 1. The number of halogens is 4. The van der Waals surface area contributed by atoms with E-state index >= 15 is 0 Å². The maximum absolute atomic E-state index is 13.4. The second-order valence-electron chi connectivity index (χ2n) is 8.97. The van der Waals surface area contributed by atoms with Crippen LogP contribution in [0.4, 0.5) is 18.9 Å². The minimum atomic E-state index is -4.70. The number of fused-ring (bicyclic) bond motifs is 2. The number of carboxylic acids is 1. The van der Waals surface area contributed by atoms with E-state index in [1.54, 1.807) is 12.1 Å². The van der Waals surface area contributed by atoms with Crippen LogP contribution in [0.15, 0.2) is 56.8 Å². The van der Waals surface area contributed by atoms with Crippen molar-refractivity contribution in [3.63, 3.8) is 0 Å². The number of aromatic amines is 1. The van der Waals surface area contributed by atoms with Crippen LogP contribution in [0.2, 0.25) is 0 Å². The summed E-state index contributed by atoms with van der Waals surface area (Å²) in [6.45, 7) is -1.53. The number of hydrogen-bond donors (Lipinski definition) is 3. The van der Waals surface area contributed by atoms with Gasteiger partial charge in [0.2, 0.25) is 11.8 Å². The Morgan fingerprint density at radius 1 is 1.12 bits per heavy atom. The lowest BCUT2D eigenvalue weighted by molar-refractivity contribution is -0.149. The fourth-order valence-electron chi connectivity index (χ4n) is 4.76. The van der Waals surface area contributed by atoms with Crippen LogP contribution in [0.3, 0.4) is 0 Å². The molecule has 3 N–H and O–H groups in total. The van der Waals surface area contributed by atoms with Gasteiger partial charge in [0.05, 0.1) is 22.2 Å². The molecular weight excluding hydrogens is 655 g/mol. The average molecular weight is 672 g/mol. The van der Waals surface area contributed by atoms with Crippen LogP contribution in [-0.2, 0) is 25.4 Å². The molecule has 3 heterocycles. The molecule has 10 nitrogen and oxygen atoms in total. The molecule has 2 aromatic carbocycles. The minimum absolute atomic E-state index is 0.0758. The van der Waals surface area contributed by atoms with Crippen LogP contribution in [0.5, 0.6) is 5.75 Å². The number of carbonyl (C=O) groups is 4. The standard InChI is InChI=1S/C25H17BrF3N3O7S2/c26-10-5-6-14(39-9-15(33)30-13-4-2-1-3-12(13)25(27,28)29)11(7-10)17-18-20(40-21-19(17)41-24(38)31-21)23(37)32(22(18)36)8-16(34)35/h1-7,17-18,20H,8-9H2,(H,30,33)(H,31,38)(H,34,35)/t17-,18?,20?/m0/s1. The molecule has 3 atom stereocenters.